The van der Waals surface area contributed by atoms with Crippen molar-refractivity contribution >= 4 is 11.8 Å². The summed E-state index contributed by atoms with van der Waals surface area (Å²) in [5, 5.41) is 17.7. The van der Waals surface area contributed by atoms with Crippen LogP contribution in [0.5, 0.6) is 11.5 Å². The van der Waals surface area contributed by atoms with E-state index in [2.05, 4.69) is 16.3 Å². The lowest BCUT2D eigenvalue weighted by atomic mass is 10.2. The molecule has 0 unspecified atom stereocenters. The van der Waals surface area contributed by atoms with Crippen molar-refractivity contribution in [3.63, 3.8) is 0 Å². The van der Waals surface area contributed by atoms with E-state index in [1.807, 2.05) is 36.4 Å². The van der Waals surface area contributed by atoms with Gasteiger partial charge >= 0.3 is 0 Å². The average Bonchev–Trinajstić information content (AvgIpc) is 3.21. The van der Waals surface area contributed by atoms with Crippen LogP contribution in [-0.2, 0) is 10.5 Å². The monoisotopic (exact) mass is 395 g/mol. The number of rotatable bonds is 6. The van der Waals surface area contributed by atoms with Crippen molar-refractivity contribution in [2.24, 2.45) is 0 Å². The zero-order valence-corrected chi connectivity index (χ0v) is 15.9. The molecule has 0 saturated heterocycles. The minimum atomic E-state index is -0.147. The van der Waals surface area contributed by atoms with Crippen molar-refractivity contribution < 1.29 is 18.6 Å². The van der Waals surface area contributed by atoms with Crippen LogP contribution < -0.4 is 9.47 Å². The third-order valence-corrected chi connectivity index (χ3v) is 4.98. The Morgan fingerprint density at radius 2 is 2.14 bits per heavy atom. The van der Waals surface area contributed by atoms with Gasteiger partial charge < -0.3 is 18.6 Å². The number of nitrogens with zero attached hydrogens (tertiary/aromatic N) is 3. The van der Waals surface area contributed by atoms with Crippen molar-refractivity contribution in [2.75, 3.05) is 20.3 Å². The molecule has 8 heteroatoms. The number of fused-ring (bicyclic) bond motifs is 1. The first-order valence-corrected chi connectivity index (χ1v) is 9.62. The Labute approximate surface area is 166 Å². The Morgan fingerprint density at radius 3 is 3.00 bits per heavy atom. The Kier molecular flexibility index (Phi) is 5.46. The van der Waals surface area contributed by atoms with Gasteiger partial charge in [0.15, 0.2) is 17.6 Å². The highest BCUT2D eigenvalue weighted by Gasteiger charge is 2.22. The van der Waals surface area contributed by atoms with Crippen LogP contribution in [-0.4, -0.2) is 36.6 Å². The SMILES string of the molecule is COC[C@H]1COc2ccc(-c3nnc(SCc4cccc(C#N)c4)o3)cc2O1. The minimum absolute atomic E-state index is 0.147. The predicted molar refractivity (Wildman–Crippen MR) is 102 cm³/mol. The molecule has 0 saturated carbocycles. The first kappa shape index (κ1) is 18.3. The molecular formula is C20H17N3O4S. The van der Waals surface area contributed by atoms with Crippen LogP contribution in [0.2, 0.25) is 0 Å². The first-order valence-electron chi connectivity index (χ1n) is 8.63. The topological polar surface area (TPSA) is 90.4 Å². The largest absolute Gasteiger partial charge is 0.486 e. The van der Waals surface area contributed by atoms with Crippen LogP contribution in [0.4, 0.5) is 0 Å². The molecule has 4 rings (SSSR count). The highest BCUT2D eigenvalue weighted by atomic mass is 32.2. The number of methoxy groups -OCH3 is 1. The van der Waals surface area contributed by atoms with Crippen LogP contribution in [0.3, 0.4) is 0 Å². The van der Waals surface area contributed by atoms with E-state index in [4.69, 9.17) is 23.9 Å². The standard InChI is InChI=1S/C20H17N3O4S/c1-24-10-16-11-25-17-6-5-15(8-18(17)26-16)19-22-23-20(27-19)28-12-14-4-2-3-13(7-14)9-21/h2-8,16H,10-12H2,1H3/t16-/m0/s1. The van der Waals surface area contributed by atoms with Gasteiger partial charge in [0.2, 0.25) is 5.89 Å². The average molecular weight is 395 g/mol. The second-order valence-electron chi connectivity index (χ2n) is 6.14. The van der Waals surface area contributed by atoms with Gasteiger partial charge in [-0.15, -0.1) is 10.2 Å². The normalized spacial score (nSPS) is 15.2. The van der Waals surface area contributed by atoms with Crippen LogP contribution >= 0.6 is 11.8 Å². The van der Waals surface area contributed by atoms with Crippen molar-refractivity contribution in [1.82, 2.24) is 10.2 Å². The highest BCUT2D eigenvalue weighted by molar-refractivity contribution is 7.98. The molecule has 1 aromatic heterocycles. The van der Waals surface area contributed by atoms with Gasteiger partial charge in [0, 0.05) is 18.4 Å². The summed E-state index contributed by atoms with van der Waals surface area (Å²) >= 11 is 1.42. The van der Waals surface area contributed by atoms with E-state index in [1.54, 1.807) is 13.2 Å². The molecule has 0 aliphatic carbocycles. The molecule has 142 valence electrons. The fourth-order valence-electron chi connectivity index (χ4n) is 2.78. The van der Waals surface area contributed by atoms with Gasteiger partial charge in [0.05, 0.1) is 18.2 Å². The third kappa shape index (κ3) is 4.11. The third-order valence-electron chi connectivity index (χ3n) is 4.09. The summed E-state index contributed by atoms with van der Waals surface area (Å²) in [5.74, 6) is 2.36. The Bertz CT molecular complexity index is 1010. The van der Waals surface area contributed by atoms with Crippen molar-refractivity contribution in [1.29, 1.82) is 5.26 Å². The Balaban J connectivity index is 1.45. The molecule has 0 fully saturated rings. The van der Waals surface area contributed by atoms with Crippen molar-refractivity contribution in [3.05, 3.63) is 53.6 Å². The lowest BCUT2D eigenvalue weighted by molar-refractivity contribution is 0.0272. The molecule has 28 heavy (non-hydrogen) atoms. The number of nitriles is 1. The number of aromatic nitrogens is 2. The smallest absolute Gasteiger partial charge is 0.277 e. The zero-order valence-electron chi connectivity index (χ0n) is 15.1. The zero-order chi connectivity index (χ0) is 19.3. The summed E-state index contributed by atoms with van der Waals surface area (Å²) in [6, 6.07) is 15.1. The molecule has 1 atom stereocenters. The van der Waals surface area contributed by atoms with Gasteiger partial charge in [-0.3, -0.25) is 0 Å². The molecule has 0 N–H and O–H groups in total. The van der Waals surface area contributed by atoms with E-state index in [9.17, 15) is 0 Å². The van der Waals surface area contributed by atoms with Crippen LogP contribution in [0.15, 0.2) is 52.1 Å². The van der Waals surface area contributed by atoms with Crippen molar-refractivity contribution in [3.8, 4) is 29.0 Å². The summed E-state index contributed by atoms with van der Waals surface area (Å²) in [6.07, 6.45) is -0.147. The van der Waals surface area contributed by atoms with Crippen LogP contribution in [0.1, 0.15) is 11.1 Å². The molecule has 3 aromatic rings. The Hall–Kier alpha value is -3.02. The van der Waals surface area contributed by atoms with Gasteiger partial charge in [-0.1, -0.05) is 23.9 Å². The lowest BCUT2D eigenvalue weighted by Gasteiger charge is -2.26. The van der Waals surface area contributed by atoms with Gasteiger partial charge in [0.25, 0.3) is 5.22 Å². The van der Waals surface area contributed by atoms with E-state index in [-0.39, 0.29) is 6.10 Å². The molecule has 0 bridgehead atoms. The van der Waals surface area contributed by atoms with E-state index in [0.29, 0.717) is 47.1 Å². The molecule has 2 heterocycles. The van der Waals surface area contributed by atoms with Gasteiger partial charge in [-0.25, -0.2) is 0 Å². The molecule has 0 radical (unpaired) electrons. The fraction of sp³-hybridized carbons (Fsp3) is 0.250. The maximum absolute atomic E-state index is 8.98. The summed E-state index contributed by atoms with van der Waals surface area (Å²) in [7, 11) is 1.63. The number of hydrogen-bond donors (Lipinski definition) is 0. The summed E-state index contributed by atoms with van der Waals surface area (Å²) in [6.45, 7) is 0.909. The van der Waals surface area contributed by atoms with Crippen molar-refractivity contribution in [2.45, 2.75) is 17.1 Å². The second-order valence-corrected chi connectivity index (χ2v) is 7.07. The molecule has 2 aromatic carbocycles. The van der Waals surface area contributed by atoms with E-state index in [1.165, 1.54) is 11.8 Å². The minimum Gasteiger partial charge on any atom is -0.486 e. The highest BCUT2D eigenvalue weighted by Crippen LogP contribution is 2.36. The molecule has 1 aliphatic rings. The fourth-order valence-corrected chi connectivity index (χ4v) is 3.48. The molecular weight excluding hydrogens is 378 g/mol. The summed E-state index contributed by atoms with van der Waals surface area (Å²) in [5.41, 5.74) is 2.41. The quantitative estimate of drug-likeness (QED) is 0.584. The van der Waals surface area contributed by atoms with Gasteiger partial charge in [-0.2, -0.15) is 5.26 Å². The second kappa shape index (κ2) is 8.33. The lowest BCUT2D eigenvalue weighted by Crippen LogP contribution is -2.32. The van der Waals surface area contributed by atoms with E-state index < -0.39 is 0 Å². The summed E-state index contributed by atoms with van der Waals surface area (Å²) < 4.78 is 22.5. The van der Waals surface area contributed by atoms with Crippen LogP contribution in [0, 0.1) is 11.3 Å². The number of thioether (sulfide) groups is 1. The number of hydrogen-bond acceptors (Lipinski definition) is 8. The molecule has 7 nitrogen and oxygen atoms in total. The Morgan fingerprint density at radius 1 is 1.21 bits per heavy atom. The maximum atomic E-state index is 8.98. The molecule has 0 spiro atoms. The van der Waals surface area contributed by atoms with E-state index >= 15 is 0 Å². The molecule has 1 aliphatic heterocycles. The van der Waals surface area contributed by atoms with E-state index in [0.717, 1.165) is 11.1 Å². The molecule has 0 amide bonds. The number of ether oxygens (including phenoxy) is 3. The number of benzene rings is 2. The maximum Gasteiger partial charge on any atom is 0.277 e. The predicted octanol–water partition coefficient (Wildman–Crippen LogP) is 3.69. The van der Waals surface area contributed by atoms with Gasteiger partial charge in [0.1, 0.15) is 6.61 Å². The summed E-state index contributed by atoms with van der Waals surface area (Å²) in [4.78, 5) is 0. The van der Waals surface area contributed by atoms with Crippen LogP contribution in [0.25, 0.3) is 11.5 Å². The first-order chi connectivity index (χ1) is 13.7. The van der Waals surface area contributed by atoms with Gasteiger partial charge in [-0.05, 0) is 35.9 Å².